The Morgan fingerprint density at radius 3 is 2.43 bits per heavy atom. The SMILES string of the molecule is CCCCN=C(NCCCC)Sc1nc2ccccc2nc1C(=O)OCC.Cl. The molecule has 1 heterocycles. The van der Waals surface area contributed by atoms with Crippen molar-refractivity contribution >= 4 is 46.3 Å². The molecular weight excluding hydrogens is 396 g/mol. The highest BCUT2D eigenvalue weighted by Gasteiger charge is 2.20. The van der Waals surface area contributed by atoms with E-state index in [4.69, 9.17) is 4.74 Å². The van der Waals surface area contributed by atoms with Gasteiger partial charge in [-0.25, -0.2) is 14.8 Å². The highest BCUT2D eigenvalue weighted by atomic mass is 35.5. The van der Waals surface area contributed by atoms with Crippen molar-refractivity contribution in [1.82, 2.24) is 15.3 Å². The van der Waals surface area contributed by atoms with Crippen LogP contribution < -0.4 is 5.32 Å². The zero-order valence-electron chi connectivity index (χ0n) is 16.7. The van der Waals surface area contributed by atoms with Crippen LogP contribution in [0.2, 0.25) is 0 Å². The molecule has 1 N–H and O–H groups in total. The lowest BCUT2D eigenvalue weighted by Crippen LogP contribution is -2.23. The quantitative estimate of drug-likeness (QED) is 0.203. The number of carbonyl (C=O) groups is 1. The number of rotatable bonds is 9. The van der Waals surface area contributed by atoms with Crippen LogP contribution in [0.4, 0.5) is 0 Å². The van der Waals surface area contributed by atoms with Gasteiger partial charge in [0.15, 0.2) is 10.9 Å². The van der Waals surface area contributed by atoms with Crippen molar-refractivity contribution in [2.24, 2.45) is 4.99 Å². The number of esters is 1. The average molecular weight is 425 g/mol. The summed E-state index contributed by atoms with van der Waals surface area (Å²) in [5, 5.41) is 4.66. The summed E-state index contributed by atoms with van der Waals surface area (Å²) in [6.45, 7) is 7.95. The molecule has 0 aliphatic heterocycles. The molecule has 0 bridgehead atoms. The van der Waals surface area contributed by atoms with Crippen LogP contribution in [0.3, 0.4) is 0 Å². The number of hydrogen-bond donors (Lipinski definition) is 1. The largest absolute Gasteiger partial charge is 0.461 e. The number of hydrogen-bond acceptors (Lipinski definition) is 6. The lowest BCUT2D eigenvalue weighted by atomic mass is 10.3. The van der Waals surface area contributed by atoms with Crippen molar-refractivity contribution in [1.29, 1.82) is 0 Å². The molecule has 8 heteroatoms. The van der Waals surface area contributed by atoms with Gasteiger partial charge in [-0.2, -0.15) is 0 Å². The number of thioether (sulfide) groups is 1. The van der Waals surface area contributed by atoms with E-state index < -0.39 is 5.97 Å². The lowest BCUT2D eigenvalue weighted by Gasteiger charge is -2.12. The fraction of sp³-hybridized carbons (Fsp3) is 0.500. The third-order valence-electron chi connectivity index (χ3n) is 3.77. The normalized spacial score (nSPS) is 11.2. The maximum atomic E-state index is 12.4. The van der Waals surface area contributed by atoms with Crippen LogP contribution in [0.15, 0.2) is 34.3 Å². The molecular formula is C20H29ClN4O2S. The van der Waals surface area contributed by atoms with Gasteiger partial charge in [0, 0.05) is 13.1 Å². The number of nitrogens with one attached hydrogen (secondary N) is 1. The second-order valence-corrected chi connectivity index (χ2v) is 6.99. The van der Waals surface area contributed by atoms with Crippen molar-refractivity contribution in [2.75, 3.05) is 19.7 Å². The number of fused-ring (bicyclic) bond motifs is 1. The van der Waals surface area contributed by atoms with Crippen molar-refractivity contribution < 1.29 is 9.53 Å². The number of aliphatic imine (C=N–C) groups is 1. The number of carbonyl (C=O) groups excluding carboxylic acids is 1. The fourth-order valence-corrected chi connectivity index (χ4v) is 3.20. The second kappa shape index (κ2) is 13.3. The predicted octanol–water partition coefficient (Wildman–Crippen LogP) is 4.87. The number of aromatic nitrogens is 2. The number of para-hydroxylation sites is 2. The molecule has 0 radical (unpaired) electrons. The summed E-state index contributed by atoms with van der Waals surface area (Å²) < 4.78 is 5.18. The first-order valence-electron chi connectivity index (χ1n) is 9.59. The standard InChI is InChI=1S/C20H28N4O2S.ClH/c1-4-7-13-21-20(22-14-8-5-2)27-18-17(19(25)26-6-3)23-15-11-9-10-12-16(15)24-18;/h9-12H,4-8,13-14H2,1-3H3,(H,21,22);1H. The van der Waals surface area contributed by atoms with Crippen LogP contribution in [0.1, 0.15) is 56.9 Å². The minimum absolute atomic E-state index is 0. The molecule has 1 aromatic heterocycles. The van der Waals surface area contributed by atoms with Gasteiger partial charge in [0.2, 0.25) is 0 Å². The Morgan fingerprint density at radius 1 is 1.11 bits per heavy atom. The van der Waals surface area contributed by atoms with Gasteiger partial charge >= 0.3 is 5.97 Å². The van der Waals surface area contributed by atoms with Crippen LogP contribution in [0.5, 0.6) is 0 Å². The molecule has 1 aromatic carbocycles. The Morgan fingerprint density at radius 2 is 1.79 bits per heavy atom. The first-order chi connectivity index (χ1) is 13.2. The van der Waals surface area contributed by atoms with Crippen LogP contribution in [0, 0.1) is 0 Å². The van der Waals surface area contributed by atoms with Gasteiger partial charge in [-0.05, 0) is 43.7 Å². The maximum Gasteiger partial charge on any atom is 0.359 e. The van der Waals surface area contributed by atoms with Gasteiger partial charge in [-0.1, -0.05) is 38.8 Å². The summed E-state index contributed by atoms with van der Waals surface area (Å²) >= 11 is 1.35. The molecule has 0 saturated heterocycles. The molecule has 0 aliphatic carbocycles. The summed E-state index contributed by atoms with van der Waals surface area (Å²) in [5.41, 5.74) is 1.66. The topological polar surface area (TPSA) is 76.5 Å². The predicted molar refractivity (Wildman–Crippen MR) is 119 cm³/mol. The minimum Gasteiger partial charge on any atom is -0.461 e. The van der Waals surface area contributed by atoms with E-state index in [1.165, 1.54) is 11.8 Å². The van der Waals surface area contributed by atoms with Gasteiger partial charge in [-0.3, -0.25) is 4.99 Å². The number of amidine groups is 1. The van der Waals surface area contributed by atoms with Crippen molar-refractivity contribution in [3.8, 4) is 0 Å². The number of halogens is 1. The van der Waals surface area contributed by atoms with Gasteiger partial charge in [0.1, 0.15) is 5.03 Å². The molecule has 0 amide bonds. The van der Waals surface area contributed by atoms with Crippen molar-refractivity contribution in [3.05, 3.63) is 30.0 Å². The van der Waals surface area contributed by atoms with E-state index in [-0.39, 0.29) is 18.1 Å². The lowest BCUT2D eigenvalue weighted by molar-refractivity contribution is 0.0514. The highest BCUT2D eigenvalue weighted by molar-refractivity contribution is 8.13. The van der Waals surface area contributed by atoms with E-state index in [0.717, 1.165) is 49.5 Å². The molecule has 0 saturated carbocycles. The van der Waals surface area contributed by atoms with E-state index in [9.17, 15) is 4.79 Å². The summed E-state index contributed by atoms with van der Waals surface area (Å²) in [7, 11) is 0. The van der Waals surface area contributed by atoms with E-state index in [0.29, 0.717) is 17.1 Å². The molecule has 0 spiro atoms. The van der Waals surface area contributed by atoms with E-state index in [2.05, 4.69) is 34.1 Å². The van der Waals surface area contributed by atoms with E-state index in [1.54, 1.807) is 6.92 Å². The molecule has 2 aromatic rings. The smallest absolute Gasteiger partial charge is 0.359 e. The van der Waals surface area contributed by atoms with Crippen molar-refractivity contribution in [2.45, 2.75) is 51.5 Å². The van der Waals surface area contributed by atoms with Crippen LogP contribution in [-0.4, -0.2) is 40.8 Å². The van der Waals surface area contributed by atoms with Crippen LogP contribution in [-0.2, 0) is 4.74 Å². The third-order valence-corrected chi connectivity index (χ3v) is 4.72. The zero-order chi connectivity index (χ0) is 19.5. The first kappa shape index (κ1) is 24.2. The summed E-state index contributed by atoms with van der Waals surface area (Å²) in [4.78, 5) is 26.2. The summed E-state index contributed by atoms with van der Waals surface area (Å²) in [6.07, 6.45) is 4.26. The fourth-order valence-electron chi connectivity index (χ4n) is 2.31. The molecule has 28 heavy (non-hydrogen) atoms. The number of ether oxygens (including phenoxy) is 1. The molecule has 6 nitrogen and oxygen atoms in total. The molecule has 0 atom stereocenters. The molecule has 0 unspecified atom stereocenters. The molecule has 154 valence electrons. The Balaban J connectivity index is 0.00000392. The van der Waals surface area contributed by atoms with Gasteiger partial charge in [0.25, 0.3) is 0 Å². The number of unbranched alkanes of at least 4 members (excludes halogenated alkanes) is 2. The van der Waals surface area contributed by atoms with Crippen LogP contribution in [0.25, 0.3) is 11.0 Å². The van der Waals surface area contributed by atoms with Crippen molar-refractivity contribution in [3.63, 3.8) is 0 Å². The Labute approximate surface area is 177 Å². The zero-order valence-corrected chi connectivity index (χ0v) is 18.4. The Kier molecular flexibility index (Phi) is 11.5. The highest BCUT2D eigenvalue weighted by Crippen LogP contribution is 2.24. The number of benzene rings is 1. The van der Waals surface area contributed by atoms with Gasteiger partial charge in [0.05, 0.1) is 17.6 Å². The summed E-state index contributed by atoms with van der Waals surface area (Å²) in [5.74, 6) is -0.459. The number of nitrogens with zero attached hydrogens (tertiary/aromatic N) is 3. The molecule has 2 rings (SSSR count). The van der Waals surface area contributed by atoms with E-state index >= 15 is 0 Å². The first-order valence-corrected chi connectivity index (χ1v) is 10.4. The Hall–Kier alpha value is -1.86. The Bertz CT molecular complexity index is 786. The third kappa shape index (κ3) is 7.28. The minimum atomic E-state index is -0.459. The maximum absolute atomic E-state index is 12.4. The molecule has 0 fully saturated rings. The van der Waals surface area contributed by atoms with Gasteiger partial charge < -0.3 is 10.1 Å². The van der Waals surface area contributed by atoms with Crippen LogP contribution >= 0.6 is 24.2 Å². The second-order valence-electron chi connectivity index (χ2n) is 6.01. The molecule has 0 aliphatic rings. The summed E-state index contributed by atoms with van der Waals surface area (Å²) in [6, 6.07) is 7.52. The average Bonchev–Trinajstić information content (AvgIpc) is 2.67. The van der Waals surface area contributed by atoms with E-state index in [1.807, 2.05) is 24.3 Å². The van der Waals surface area contributed by atoms with Gasteiger partial charge in [-0.15, -0.1) is 12.4 Å². The monoisotopic (exact) mass is 424 g/mol.